The van der Waals surface area contributed by atoms with E-state index in [-0.39, 0.29) is 0 Å². The van der Waals surface area contributed by atoms with Gasteiger partial charge in [-0.05, 0) is 24.3 Å². The molecule has 0 aliphatic carbocycles. The molecule has 0 bridgehead atoms. The smallest absolute Gasteiger partial charge is 0.0949 e. The number of nitrogens with zero attached hydrogens (tertiary/aromatic N) is 2. The topological polar surface area (TPSA) is 24.7 Å². The molecule has 0 N–H and O–H groups in total. The molecule has 0 fully saturated rings. The van der Waals surface area contributed by atoms with E-state index in [1.54, 1.807) is 12.1 Å². The highest BCUT2D eigenvalue weighted by Crippen LogP contribution is 2.15. The summed E-state index contributed by atoms with van der Waals surface area (Å²) in [4.78, 5) is 8.05. The Bertz CT molecular complexity index is 431. The lowest BCUT2D eigenvalue weighted by molar-refractivity contribution is 1.04. The maximum Gasteiger partial charge on any atom is 0.0949 e. The quantitative estimate of drug-likeness (QED) is 0.428. The molecule has 0 radical (unpaired) electrons. The fourth-order valence-corrected chi connectivity index (χ4v) is 1.11. The maximum absolute atomic E-state index is 5.74. The number of aliphatic imine (C=N–C) groups is 2. The summed E-state index contributed by atoms with van der Waals surface area (Å²) in [5.41, 5.74) is 0.799. The van der Waals surface area contributed by atoms with Gasteiger partial charge >= 0.3 is 0 Å². The largest absolute Gasteiger partial charge is 0.224 e. The van der Waals surface area contributed by atoms with Crippen LogP contribution in [0.15, 0.2) is 34.3 Å². The van der Waals surface area contributed by atoms with Crippen molar-refractivity contribution in [2.24, 2.45) is 9.98 Å². The first-order valence-electron chi connectivity index (χ1n) is 5.16. The Kier molecular flexibility index (Phi) is 6.03. The number of hydrogen-bond acceptors (Lipinski definition) is 2. The minimum absolute atomic E-state index is 0.643. The van der Waals surface area contributed by atoms with E-state index in [0.29, 0.717) is 11.6 Å². The van der Waals surface area contributed by atoms with Crippen molar-refractivity contribution in [3.63, 3.8) is 0 Å². The summed E-state index contributed by atoms with van der Waals surface area (Å²) < 4.78 is 0. The second-order valence-corrected chi connectivity index (χ2v) is 3.46. The van der Waals surface area contributed by atoms with Gasteiger partial charge in [-0.25, -0.2) is 4.99 Å². The van der Waals surface area contributed by atoms with Crippen molar-refractivity contribution in [1.82, 2.24) is 0 Å². The first kappa shape index (κ1) is 12.5. The van der Waals surface area contributed by atoms with E-state index in [1.807, 2.05) is 19.1 Å². The second-order valence-electron chi connectivity index (χ2n) is 3.03. The summed E-state index contributed by atoms with van der Waals surface area (Å²) in [5, 5.41) is 0.700. The number of halogens is 1. The van der Waals surface area contributed by atoms with Crippen LogP contribution in [0.2, 0.25) is 5.02 Å². The summed E-state index contributed by atoms with van der Waals surface area (Å²) in [6, 6.07) is 9.85. The van der Waals surface area contributed by atoms with Gasteiger partial charge in [-0.15, -0.1) is 11.8 Å². The zero-order valence-electron chi connectivity index (χ0n) is 9.20. The van der Waals surface area contributed by atoms with Crippen molar-refractivity contribution >= 4 is 23.3 Å². The maximum atomic E-state index is 5.74. The fraction of sp³-hybridized carbons (Fsp3) is 0.308. The van der Waals surface area contributed by atoms with Crippen LogP contribution in [0.1, 0.15) is 19.8 Å². The first-order chi connectivity index (χ1) is 7.83. The molecule has 3 heteroatoms. The average Bonchev–Trinajstić information content (AvgIpc) is 2.30. The lowest BCUT2D eigenvalue weighted by atomic mass is 10.3. The molecule has 0 atom stereocenters. The predicted octanol–water partition coefficient (Wildman–Crippen LogP) is 3.95. The third-order valence-corrected chi connectivity index (χ3v) is 1.98. The van der Waals surface area contributed by atoms with Crippen LogP contribution in [-0.2, 0) is 0 Å². The van der Waals surface area contributed by atoms with Gasteiger partial charge in [0.1, 0.15) is 0 Å². The molecule has 82 valence electrons. The van der Waals surface area contributed by atoms with Gasteiger partial charge in [0, 0.05) is 17.9 Å². The Labute approximate surface area is 101 Å². The van der Waals surface area contributed by atoms with Gasteiger partial charge in [0.15, 0.2) is 0 Å². The van der Waals surface area contributed by atoms with Crippen LogP contribution in [0.3, 0.4) is 0 Å². The minimum atomic E-state index is 0.643. The zero-order valence-corrected chi connectivity index (χ0v) is 9.96. The third kappa shape index (κ3) is 5.36. The average molecular weight is 233 g/mol. The van der Waals surface area contributed by atoms with Crippen molar-refractivity contribution in [2.45, 2.75) is 19.8 Å². The van der Waals surface area contributed by atoms with Crippen molar-refractivity contribution in [3.05, 3.63) is 29.3 Å². The zero-order chi connectivity index (χ0) is 11.6. The molecule has 1 aromatic rings. The van der Waals surface area contributed by atoms with Crippen LogP contribution in [0.4, 0.5) is 5.69 Å². The van der Waals surface area contributed by atoms with Crippen molar-refractivity contribution < 1.29 is 0 Å². The number of rotatable bonds is 3. The van der Waals surface area contributed by atoms with Crippen LogP contribution in [0.25, 0.3) is 0 Å². The van der Waals surface area contributed by atoms with Crippen molar-refractivity contribution in [1.29, 1.82) is 0 Å². The summed E-state index contributed by atoms with van der Waals surface area (Å²) >= 11 is 5.74. The first-order valence-corrected chi connectivity index (χ1v) is 5.54. The second kappa shape index (κ2) is 7.70. The van der Waals surface area contributed by atoms with Crippen LogP contribution < -0.4 is 0 Å². The molecule has 0 aromatic heterocycles. The Morgan fingerprint density at radius 2 is 1.94 bits per heavy atom. The van der Waals surface area contributed by atoms with Gasteiger partial charge in [0.05, 0.1) is 18.2 Å². The van der Waals surface area contributed by atoms with Gasteiger partial charge in [-0.1, -0.05) is 18.5 Å². The van der Waals surface area contributed by atoms with E-state index < -0.39 is 0 Å². The van der Waals surface area contributed by atoms with Gasteiger partial charge in [-0.2, -0.15) is 4.99 Å². The fourth-order valence-electron chi connectivity index (χ4n) is 0.984. The Morgan fingerprint density at radius 1 is 1.19 bits per heavy atom. The van der Waals surface area contributed by atoms with E-state index in [0.717, 1.165) is 18.5 Å². The highest BCUT2D eigenvalue weighted by molar-refractivity contribution is 6.30. The molecule has 2 nitrogen and oxygen atoms in total. The molecule has 16 heavy (non-hydrogen) atoms. The van der Waals surface area contributed by atoms with Crippen molar-refractivity contribution in [2.75, 3.05) is 6.54 Å². The lowest BCUT2D eigenvalue weighted by Gasteiger charge is -1.89. The Hall–Kier alpha value is -1.55. The third-order valence-electron chi connectivity index (χ3n) is 1.73. The SMILES string of the molecule is CCC#CCCN=C=Nc1ccc(Cl)cc1. The van der Waals surface area contributed by atoms with E-state index in [9.17, 15) is 0 Å². The van der Waals surface area contributed by atoms with Crippen molar-refractivity contribution in [3.8, 4) is 11.8 Å². The lowest BCUT2D eigenvalue weighted by Crippen LogP contribution is -1.75. The van der Waals surface area contributed by atoms with Crippen LogP contribution in [-0.4, -0.2) is 12.6 Å². The van der Waals surface area contributed by atoms with E-state index >= 15 is 0 Å². The molecule has 1 rings (SSSR count). The highest BCUT2D eigenvalue weighted by atomic mass is 35.5. The Balaban J connectivity index is 2.41. The van der Waals surface area contributed by atoms with Crippen LogP contribution >= 0.6 is 11.6 Å². The molecule has 0 aliphatic heterocycles. The highest BCUT2D eigenvalue weighted by Gasteiger charge is 1.87. The molecule has 0 heterocycles. The molecule has 0 spiro atoms. The summed E-state index contributed by atoms with van der Waals surface area (Å²) in [7, 11) is 0. The van der Waals surface area contributed by atoms with Gasteiger partial charge < -0.3 is 0 Å². The number of benzene rings is 1. The normalized spacial score (nSPS) is 8.62. The minimum Gasteiger partial charge on any atom is -0.224 e. The molecule has 0 saturated carbocycles. The van der Waals surface area contributed by atoms with Gasteiger partial charge in [-0.3, -0.25) is 0 Å². The molecular weight excluding hydrogens is 220 g/mol. The molecular formula is C13H13ClN2. The molecule has 0 unspecified atom stereocenters. The molecule has 0 amide bonds. The molecule has 1 aromatic carbocycles. The summed E-state index contributed by atoms with van der Waals surface area (Å²) in [6.07, 6.45) is 1.65. The monoisotopic (exact) mass is 232 g/mol. The van der Waals surface area contributed by atoms with E-state index in [2.05, 4.69) is 27.8 Å². The van der Waals surface area contributed by atoms with Crippen LogP contribution in [0.5, 0.6) is 0 Å². The van der Waals surface area contributed by atoms with Gasteiger partial charge in [0.25, 0.3) is 0 Å². The molecule has 0 aliphatic rings. The molecule has 0 saturated heterocycles. The van der Waals surface area contributed by atoms with E-state index in [4.69, 9.17) is 11.6 Å². The summed E-state index contributed by atoms with van der Waals surface area (Å²) in [6.45, 7) is 2.67. The predicted molar refractivity (Wildman–Crippen MR) is 68.5 cm³/mol. The standard InChI is InChI=1S/C13H13ClN2/c1-2-3-4-5-10-15-11-16-13-8-6-12(14)7-9-13/h6-9H,2,5,10H2,1H3. The van der Waals surface area contributed by atoms with Crippen LogP contribution in [0, 0.1) is 11.8 Å². The van der Waals surface area contributed by atoms with Gasteiger partial charge in [0.2, 0.25) is 0 Å². The van der Waals surface area contributed by atoms with E-state index in [1.165, 1.54) is 0 Å². The number of hydrogen-bond donors (Lipinski definition) is 0. The Morgan fingerprint density at radius 3 is 2.62 bits per heavy atom. The summed E-state index contributed by atoms with van der Waals surface area (Å²) in [5.74, 6) is 5.98.